The Hall–Kier alpha value is -1.79. The Kier molecular flexibility index (Phi) is 5.03. The van der Waals surface area contributed by atoms with E-state index in [1.807, 2.05) is 0 Å². The van der Waals surface area contributed by atoms with Crippen molar-refractivity contribution in [3.05, 3.63) is 23.8 Å². The molecule has 0 saturated carbocycles. The van der Waals surface area contributed by atoms with Crippen molar-refractivity contribution >= 4 is 17.3 Å². The maximum Gasteiger partial charge on any atom is 0.340 e. The Morgan fingerprint density at radius 3 is 2.95 bits per heavy atom. The van der Waals surface area contributed by atoms with E-state index in [2.05, 4.69) is 5.32 Å². The first kappa shape index (κ1) is 15.6. The second-order valence-electron chi connectivity index (χ2n) is 5.07. The molecule has 0 radical (unpaired) electrons. The first-order valence-corrected chi connectivity index (χ1v) is 7.03. The fourth-order valence-corrected chi connectivity index (χ4v) is 2.31. The lowest BCUT2D eigenvalue weighted by atomic mass is 10.0. The lowest BCUT2D eigenvalue weighted by Gasteiger charge is -2.27. The van der Waals surface area contributed by atoms with Crippen molar-refractivity contribution in [2.75, 3.05) is 44.5 Å². The summed E-state index contributed by atoms with van der Waals surface area (Å²) < 4.78 is 16.0. The predicted molar refractivity (Wildman–Crippen MR) is 80.5 cm³/mol. The van der Waals surface area contributed by atoms with Crippen molar-refractivity contribution in [1.29, 1.82) is 0 Å². The molecular weight excluding hydrogens is 272 g/mol. The summed E-state index contributed by atoms with van der Waals surface area (Å²) in [7, 11) is 1.67. The first-order chi connectivity index (χ1) is 10.1. The number of hydrogen-bond donors (Lipinski definition) is 2. The molecule has 1 heterocycles. The van der Waals surface area contributed by atoms with Gasteiger partial charge in [0.2, 0.25) is 0 Å². The van der Waals surface area contributed by atoms with E-state index < -0.39 is 0 Å². The minimum Gasteiger partial charge on any atom is -0.462 e. The fourth-order valence-electron chi connectivity index (χ4n) is 2.31. The molecule has 3 N–H and O–H groups in total. The van der Waals surface area contributed by atoms with Crippen molar-refractivity contribution < 1.29 is 19.0 Å². The Morgan fingerprint density at radius 2 is 2.33 bits per heavy atom. The number of carbonyl (C=O) groups is 1. The van der Waals surface area contributed by atoms with E-state index in [1.165, 1.54) is 0 Å². The zero-order valence-electron chi connectivity index (χ0n) is 12.5. The highest BCUT2D eigenvalue weighted by atomic mass is 16.5. The van der Waals surface area contributed by atoms with Gasteiger partial charge in [-0.1, -0.05) is 0 Å². The second-order valence-corrected chi connectivity index (χ2v) is 5.07. The van der Waals surface area contributed by atoms with Crippen LogP contribution < -0.4 is 11.1 Å². The topological polar surface area (TPSA) is 82.8 Å². The maximum absolute atomic E-state index is 12.0. The van der Waals surface area contributed by atoms with Crippen molar-refractivity contribution in [1.82, 2.24) is 0 Å². The van der Waals surface area contributed by atoms with Crippen LogP contribution in [0.25, 0.3) is 0 Å². The van der Waals surface area contributed by atoms with Gasteiger partial charge in [-0.15, -0.1) is 0 Å². The van der Waals surface area contributed by atoms with E-state index in [9.17, 15) is 4.79 Å². The van der Waals surface area contributed by atoms with Crippen LogP contribution in [0.1, 0.15) is 23.7 Å². The Morgan fingerprint density at radius 1 is 1.52 bits per heavy atom. The summed E-state index contributed by atoms with van der Waals surface area (Å²) in [6.07, 6.45) is 0.820. The first-order valence-electron chi connectivity index (χ1n) is 7.03. The van der Waals surface area contributed by atoms with Crippen molar-refractivity contribution in [3.8, 4) is 0 Å². The number of nitrogens with one attached hydrogen (secondary N) is 1. The molecule has 116 valence electrons. The van der Waals surface area contributed by atoms with Gasteiger partial charge in [0.1, 0.15) is 5.60 Å². The van der Waals surface area contributed by atoms with Gasteiger partial charge in [-0.2, -0.15) is 0 Å². The van der Waals surface area contributed by atoms with Gasteiger partial charge in [-0.25, -0.2) is 4.79 Å². The quantitative estimate of drug-likeness (QED) is 0.613. The standard InChI is InChI=1S/C15H22N2O4/c1-3-21-14(18)12-8-11(16)4-5-13(12)17-9-15(19-2)6-7-20-10-15/h4-5,8,17H,3,6-7,9-10,16H2,1-2H3. The molecule has 1 aliphatic heterocycles. The molecule has 0 spiro atoms. The SMILES string of the molecule is CCOC(=O)c1cc(N)ccc1NCC1(OC)CCOC1. The molecule has 1 aromatic rings. The summed E-state index contributed by atoms with van der Waals surface area (Å²) in [5.74, 6) is -0.388. The summed E-state index contributed by atoms with van der Waals surface area (Å²) in [5, 5.41) is 3.25. The van der Waals surface area contributed by atoms with Crippen LogP contribution in [0.5, 0.6) is 0 Å². The summed E-state index contributed by atoms with van der Waals surface area (Å²) in [4.78, 5) is 12.0. The highest BCUT2D eigenvalue weighted by Gasteiger charge is 2.35. The molecule has 6 heteroatoms. The van der Waals surface area contributed by atoms with Gasteiger partial charge >= 0.3 is 5.97 Å². The number of rotatable bonds is 6. The van der Waals surface area contributed by atoms with E-state index in [0.29, 0.717) is 43.3 Å². The number of methoxy groups -OCH3 is 1. The van der Waals surface area contributed by atoms with E-state index in [0.717, 1.165) is 6.42 Å². The average Bonchev–Trinajstić information content (AvgIpc) is 2.95. The van der Waals surface area contributed by atoms with Gasteiger partial charge in [0.15, 0.2) is 0 Å². The lowest BCUT2D eigenvalue weighted by molar-refractivity contribution is -0.00622. The number of esters is 1. The van der Waals surface area contributed by atoms with Crippen LogP contribution in [0.3, 0.4) is 0 Å². The molecule has 0 aliphatic carbocycles. The van der Waals surface area contributed by atoms with Gasteiger partial charge in [0.05, 0.1) is 18.8 Å². The van der Waals surface area contributed by atoms with Gasteiger partial charge in [0.25, 0.3) is 0 Å². The molecule has 0 amide bonds. The molecule has 0 bridgehead atoms. The molecule has 1 aliphatic rings. The third kappa shape index (κ3) is 3.65. The zero-order chi connectivity index (χ0) is 15.3. The number of ether oxygens (including phenoxy) is 3. The fraction of sp³-hybridized carbons (Fsp3) is 0.533. The Bertz CT molecular complexity index is 498. The Balaban J connectivity index is 2.13. The normalized spacial score (nSPS) is 21.2. The molecule has 21 heavy (non-hydrogen) atoms. The molecule has 1 fully saturated rings. The third-order valence-electron chi connectivity index (χ3n) is 3.64. The number of hydrogen-bond acceptors (Lipinski definition) is 6. The van der Waals surface area contributed by atoms with Crippen LogP contribution in [0.2, 0.25) is 0 Å². The average molecular weight is 294 g/mol. The van der Waals surface area contributed by atoms with E-state index >= 15 is 0 Å². The van der Waals surface area contributed by atoms with Gasteiger partial charge in [0, 0.05) is 38.1 Å². The minimum atomic E-state index is -0.388. The molecule has 1 saturated heterocycles. The van der Waals surface area contributed by atoms with Gasteiger partial charge in [-0.3, -0.25) is 0 Å². The van der Waals surface area contributed by atoms with Crippen LogP contribution in [0.4, 0.5) is 11.4 Å². The highest BCUT2D eigenvalue weighted by Crippen LogP contribution is 2.25. The van der Waals surface area contributed by atoms with Gasteiger partial charge < -0.3 is 25.3 Å². The molecule has 2 rings (SSSR count). The summed E-state index contributed by atoms with van der Waals surface area (Å²) in [6, 6.07) is 5.14. The maximum atomic E-state index is 12.0. The largest absolute Gasteiger partial charge is 0.462 e. The Labute approximate surface area is 124 Å². The molecule has 0 aromatic heterocycles. The van der Waals surface area contributed by atoms with E-state index in [-0.39, 0.29) is 11.6 Å². The summed E-state index contributed by atoms with van der Waals surface area (Å²) >= 11 is 0. The van der Waals surface area contributed by atoms with Crippen LogP contribution in [0.15, 0.2) is 18.2 Å². The smallest absolute Gasteiger partial charge is 0.340 e. The number of carbonyl (C=O) groups excluding carboxylic acids is 1. The molecule has 1 atom stereocenters. The van der Waals surface area contributed by atoms with Crippen LogP contribution >= 0.6 is 0 Å². The van der Waals surface area contributed by atoms with Crippen LogP contribution in [-0.2, 0) is 14.2 Å². The van der Waals surface area contributed by atoms with Crippen molar-refractivity contribution in [3.63, 3.8) is 0 Å². The van der Waals surface area contributed by atoms with Crippen molar-refractivity contribution in [2.45, 2.75) is 18.9 Å². The van der Waals surface area contributed by atoms with Gasteiger partial charge in [-0.05, 0) is 25.1 Å². The van der Waals surface area contributed by atoms with Crippen LogP contribution in [0, 0.1) is 0 Å². The number of nitrogens with two attached hydrogens (primary N) is 1. The number of nitrogen functional groups attached to an aromatic ring is 1. The van der Waals surface area contributed by atoms with Crippen LogP contribution in [-0.4, -0.2) is 45.0 Å². The lowest BCUT2D eigenvalue weighted by Crippen LogP contribution is -2.39. The monoisotopic (exact) mass is 294 g/mol. The molecule has 1 aromatic carbocycles. The summed E-state index contributed by atoms with van der Waals surface area (Å²) in [6.45, 7) is 3.87. The molecule has 1 unspecified atom stereocenters. The van der Waals surface area contributed by atoms with E-state index in [4.69, 9.17) is 19.9 Å². The number of benzene rings is 1. The highest BCUT2D eigenvalue weighted by molar-refractivity contribution is 5.96. The third-order valence-corrected chi connectivity index (χ3v) is 3.64. The molecular formula is C15H22N2O4. The zero-order valence-corrected chi connectivity index (χ0v) is 12.5. The predicted octanol–water partition coefficient (Wildman–Crippen LogP) is 1.66. The van der Waals surface area contributed by atoms with E-state index in [1.54, 1.807) is 32.2 Å². The minimum absolute atomic E-state index is 0.322. The van der Waals surface area contributed by atoms with Crippen molar-refractivity contribution in [2.24, 2.45) is 0 Å². The second kappa shape index (κ2) is 6.78. The summed E-state index contributed by atoms with van der Waals surface area (Å²) in [5.41, 5.74) is 7.04. The molecule has 6 nitrogen and oxygen atoms in total. The number of anilines is 2.